The number of hydrogen-bond donors (Lipinski definition) is 1. The van der Waals surface area contributed by atoms with Crippen LogP contribution in [-0.4, -0.2) is 29.3 Å². The fraction of sp³-hybridized carbons (Fsp3) is 0.355. The monoisotopic (exact) mass is 483 g/mol. The summed E-state index contributed by atoms with van der Waals surface area (Å²) in [6.45, 7) is 8.56. The van der Waals surface area contributed by atoms with Crippen LogP contribution in [0.3, 0.4) is 0 Å². The number of hydrogen-bond acceptors (Lipinski definition) is 3. The topological polar surface area (TPSA) is 52.7 Å². The average Bonchev–Trinajstić information content (AvgIpc) is 3.17. The minimum absolute atomic E-state index is 0.0170. The van der Waals surface area contributed by atoms with Gasteiger partial charge in [-0.05, 0) is 50.5 Å². The summed E-state index contributed by atoms with van der Waals surface area (Å²) >= 11 is 0. The highest BCUT2D eigenvalue weighted by Crippen LogP contribution is 2.44. The molecule has 5 nitrogen and oxygen atoms in total. The first-order valence-corrected chi connectivity index (χ1v) is 13.0. The molecule has 2 aliphatic rings. The van der Waals surface area contributed by atoms with E-state index in [9.17, 15) is 9.59 Å². The van der Waals surface area contributed by atoms with Crippen LogP contribution in [0, 0.1) is 0 Å². The van der Waals surface area contributed by atoms with Crippen molar-refractivity contribution in [2.45, 2.75) is 64.6 Å². The summed E-state index contributed by atoms with van der Waals surface area (Å²) in [6, 6.07) is 17.4. The van der Waals surface area contributed by atoms with Crippen molar-refractivity contribution in [1.82, 2.24) is 10.2 Å². The van der Waals surface area contributed by atoms with Crippen molar-refractivity contribution in [1.29, 1.82) is 0 Å². The van der Waals surface area contributed by atoms with Gasteiger partial charge in [0.1, 0.15) is 6.04 Å². The fourth-order valence-electron chi connectivity index (χ4n) is 5.34. The first-order valence-electron chi connectivity index (χ1n) is 13.0. The summed E-state index contributed by atoms with van der Waals surface area (Å²) < 4.78 is 0. The summed E-state index contributed by atoms with van der Waals surface area (Å²) in [4.78, 5) is 31.6. The lowest BCUT2D eigenvalue weighted by atomic mass is 9.94. The molecule has 1 aliphatic carbocycles. The van der Waals surface area contributed by atoms with Crippen LogP contribution in [0.2, 0.25) is 0 Å². The maximum absolute atomic E-state index is 14.1. The Bertz CT molecular complexity index is 1150. The van der Waals surface area contributed by atoms with Gasteiger partial charge in [-0.1, -0.05) is 86.0 Å². The van der Waals surface area contributed by atoms with Gasteiger partial charge < -0.3 is 10.2 Å². The molecule has 2 amide bonds. The van der Waals surface area contributed by atoms with Gasteiger partial charge in [0.25, 0.3) is 5.91 Å². The number of amides is 2. The predicted octanol–water partition coefficient (Wildman–Crippen LogP) is 6.06. The lowest BCUT2D eigenvalue weighted by molar-refractivity contribution is -0.136. The molecule has 1 saturated carbocycles. The molecule has 2 aromatic rings. The Morgan fingerprint density at radius 2 is 1.78 bits per heavy atom. The molecule has 1 aliphatic heterocycles. The molecule has 36 heavy (non-hydrogen) atoms. The number of carbonyl (C=O) groups excluding carboxylic acids is 2. The Kier molecular flexibility index (Phi) is 8.55. The quantitative estimate of drug-likeness (QED) is 0.441. The van der Waals surface area contributed by atoms with Gasteiger partial charge >= 0.3 is 0 Å². The highest BCUT2D eigenvalue weighted by atomic mass is 16.2. The summed E-state index contributed by atoms with van der Waals surface area (Å²) in [5, 5.41) is 3.28. The smallest absolute Gasteiger partial charge is 0.255 e. The van der Waals surface area contributed by atoms with Gasteiger partial charge in [-0.3, -0.25) is 14.5 Å². The zero-order chi connectivity index (χ0) is 25.5. The van der Waals surface area contributed by atoms with Gasteiger partial charge in [-0.25, -0.2) is 0 Å². The second-order valence-electron chi connectivity index (χ2n) is 9.73. The second-order valence-corrected chi connectivity index (χ2v) is 9.73. The SMILES string of the molecule is C=C(C)/C=C(\C=C/C)N(C(=O)CNCc1ccccc1)C1C(=O)N(C2CCCCC2)c2ccccc21. The molecule has 1 atom stereocenters. The van der Waals surface area contributed by atoms with Crippen LogP contribution in [-0.2, 0) is 16.1 Å². The summed E-state index contributed by atoms with van der Waals surface area (Å²) in [6.07, 6.45) is 11.2. The van der Waals surface area contributed by atoms with E-state index in [0.717, 1.165) is 48.1 Å². The van der Waals surface area contributed by atoms with Crippen LogP contribution in [0.5, 0.6) is 0 Å². The third-order valence-corrected chi connectivity index (χ3v) is 6.89. The third-order valence-electron chi connectivity index (χ3n) is 6.89. The normalized spacial score (nSPS) is 18.5. The van der Waals surface area contributed by atoms with Crippen molar-refractivity contribution in [2.75, 3.05) is 11.4 Å². The van der Waals surface area contributed by atoms with Crippen LogP contribution < -0.4 is 10.2 Å². The number of anilines is 1. The van der Waals surface area contributed by atoms with Gasteiger partial charge in [0.15, 0.2) is 0 Å². The number of para-hydroxylation sites is 1. The molecule has 1 fully saturated rings. The van der Waals surface area contributed by atoms with E-state index in [1.54, 1.807) is 4.90 Å². The zero-order valence-electron chi connectivity index (χ0n) is 21.5. The minimum atomic E-state index is -0.698. The van der Waals surface area contributed by atoms with Crippen LogP contribution >= 0.6 is 0 Å². The van der Waals surface area contributed by atoms with Crippen LogP contribution in [0.4, 0.5) is 5.69 Å². The Morgan fingerprint density at radius 3 is 2.47 bits per heavy atom. The number of nitrogens with one attached hydrogen (secondary N) is 1. The summed E-state index contributed by atoms with van der Waals surface area (Å²) in [5.74, 6) is -0.160. The highest BCUT2D eigenvalue weighted by Gasteiger charge is 2.45. The second kappa shape index (κ2) is 12.0. The standard InChI is InChI=1S/C31H37N3O2/c1-4-13-26(20-23(2)3)34(29(35)22-32-21-24-14-7-5-8-15-24)30-27-18-11-12-19-28(27)33(31(30)36)25-16-9-6-10-17-25/h4-5,7-8,11-15,18-20,25,30,32H,2,6,9-10,16-17,21-22H2,1,3H3/b13-4-,26-20+. The molecule has 0 spiro atoms. The van der Waals surface area contributed by atoms with E-state index < -0.39 is 6.04 Å². The number of carbonyl (C=O) groups is 2. The third kappa shape index (κ3) is 5.68. The molecule has 0 radical (unpaired) electrons. The van der Waals surface area contributed by atoms with Crippen molar-refractivity contribution in [3.8, 4) is 0 Å². The van der Waals surface area contributed by atoms with Crippen LogP contribution in [0.15, 0.2) is 90.7 Å². The van der Waals surface area contributed by atoms with E-state index >= 15 is 0 Å². The minimum Gasteiger partial charge on any atom is -0.307 e. The van der Waals surface area contributed by atoms with E-state index in [-0.39, 0.29) is 24.4 Å². The molecule has 0 bridgehead atoms. The molecule has 0 aromatic heterocycles. The molecule has 4 rings (SSSR count). The molecule has 0 saturated heterocycles. The lowest BCUT2D eigenvalue weighted by Crippen LogP contribution is -2.46. The van der Waals surface area contributed by atoms with Crippen molar-refractivity contribution in [3.63, 3.8) is 0 Å². The maximum Gasteiger partial charge on any atom is 0.255 e. The lowest BCUT2D eigenvalue weighted by Gasteiger charge is -2.34. The number of nitrogens with zero attached hydrogens (tertiary/aromatic N) is 2. The first-order chi connectivity index (χ1) is 17.5. The zero-order valence-corrected chi connectivity index (χ0v) is 21.5. The number of fused-ring (bicyclic) bond motifs is 1. The first kappa shape index (κ1) is 25.6. The fourth-order valence-corrected chi connectivity index (χ4v) is 5.34. The van der Waals surface area contributed by atoms with Crippen molar-refractivity contribution < 1.29 is 9.59 Å². The van der Waals surface area contributed by atoms with Crippen LogP contribution in [0.1, 0.15) is 63.1 Å². The molecule has 5 heteroatoms. The Balaban J connectivity index is 1.69. The van der Waals surface area contributed by atoms with Crippen molar-refractivity contribution >= 4 is 17.5 Å². The van der Waals surface area contributed by atoms with Gasteiger partial charge in [0, 0.05) is 29.5 Å². The molecule has 1 N–H and O–H groups in total. The van der Waals surface area contributed by atoms with E-state index in [4.69, 9.17) is 0 Å². The van der Waals surface area contributed by atoms with E-state index in [0.29, 0.717) is 12.2 Å². The summed E-state index contributed by atoms with van der Waals surface area (Å²) in [5.41, 5.74) is 4.43. The van der Waals surface area contributed by atoms with Crippen molar-refractivity contribution in [3.05, 3.63) is 102 Å². The van der Waals surface area contributed by atoms with Gasteiger partial charge in [0.05, 0.1) is 6.54 Å². The van der Waals surface area contributed by atoms with Gasteiger partial charge in [-0.15, -0.1) is 0 Å². The molecule has 1 unspecified atom stereocenters. The van der Waals surface area contributed by atoms with Gasteiger partial charge in [0.2, 0.25) is 5.91 Å². The Hall–Kier alpha value is -3.44. The molecule has 2 aromatic carbocycles. The maximum atomic E-state index is 14.1. The molecule has 188 valence electrons. The van der Waals surface area contributed by atoms with E-state index in [1.165, 1.54) is 6.42 Å². The van der Waals surface area contributed by atoms with E-state index in [2.05, 4.69) is 11.9 Å². The number of allylic oxidation sites excluding steroid dienone is 4. The predicted molar refractivity (Wildman–Crippen MR) is 146 cm³/mol. The Morgan fingerprint density at radius 1 is 1.08 bits per heavy atom. The largest absolute Gasteiger partial charge is 0.307 e. The Labute approximate surface area is 215 Å². The number of rotatable bonds is 9. The van der Waals surface area contributed by atoms with Gasteiger partial charge in [-0.2, -0.15) is 0 Å². The van der Waals surface area contributed by atoms with Crippen molar-refractivity contribution in [2.24, 2.45) is 0 Å². The van der Waals surface area contributed by atoms with E-state index in [1.807, 2.05) is 91.6 Å². The summed E-state index contributed by atoms with van der Waals surface area (Å²) in [7, 11) is 0. The molecular weight excluding hydrogens is 446 g/mol. The number of benzene rings is 2. The average molecular weight is 484 g/mol. The molecule has 1 heterocycles. The van der Waals surface area contributed by atoms with Crippen LogP contribution in [0.25, 0.3) is 0 Å². The highest BCUT2D eigenvalue weighted by molar-refractivity contribution is 6.07. The molecular formula is C31H37N3O2.